The SMILES string of the molecule is CN(CCCNCC1CCCC1)C(=O)OC(C)(C)C. The van der Waals surface area contributed by atoms with Gasteiger partial charge in [0.1, 0.15) is 5.60 Å². The Hall–Kier alpha value is -0.770. The first-order valence-electron chi connectivity index (χ1n) is 7.53. The minimum absolute atomic E-state index is 0.233. The minimum Gasteiger partial charge on any atom is -0.444 e. The van der Waals surface area contributed by atoms with Crippen molar-refractivity contribution in [2.24, 2.45) is 5.92 Å². The first-order valence-corrected chi connectivity index (χ1v) is 7.53. The molecule has 0 bridgehead atoms. The van der Waals surface area contributed by atoms with E-state index in [1.54, 1.807) is 11.9 Å². The molecule has 1 aliphatic rings. The lowest BCUT2D eigenvalue weighted by Gasteiger charge is -2.24. The van der Waals surface area contributed by atoms with E-state index < -0.39 is 5.60 Å². The number of carbonyl (C=O) groups excluding carboxylic acids is 1. The van der Waals surface area contributed by atoms with Crippen molar-refractivity contribution < 1.29 is 9.53 Å². The molecular formula is C15H30N2O2. The molecule has 112 valence electrons. The Balaban J connectivity index is 2.03. The Kier molecular flexibility index (Phi) is 6.63. The molecule has 0 spiro atoms. The fourth-order valence-electron chi connectivity index (χ4n) is 2.39. The Labute approximate surface area is 117 Å². The van der Waals surface area contributed by atoms with E-state index in [-0.39, 0.29) is 6.09 Å². The zero-order chi connectivity index (χ0) is 14.3. The van der Waals surface area contributed by atoms with Crippen LogP contribution in [0.2, 0.25) is 0 Å². The summed E-state index contributed by atoms with van der Waals surface area (Å²) >= 11 is 0. The third-order valence-electron chi connectivity index (χ3n) is 3.46. The lowest BCUT2D eigenvalue weighted by Crippen LogP contribution is -2.35. The smallest absolute Gasteiger partial charge is 0.410 e. The Morgan fingerprint density at radius 1 is 1.32 bits per heavy atom. The van der Waals surface area contributed by atoms with Crippen LogP contribution < -0.4 is 5.32 Å². The number of rotatable bonds is 6. The second-order valence-electron chi connectivity index (χ2n) is 6.61. The highest BCUT2D eigenvalue weighted by atomic mass is 16.6. The predicted molar refractivity (Wildman–Crippen MR) is 78.3 cm³/mol. The molecule has 0 aromatic heterocycles. The number of nitrogens with one attached hydrogen (secondary N) is 1. The van der Waals surface area contributed by atoms with Gasteiger partial charge in [-0.15, -0.1) is 0 Å². The van der Waals surface area contributed by atoms with Crippen molar-refractivity contribution in [2.45, 2.75) is 58.5 Å². The van der Waals surface area contributed by atoms with Crippen LogP contribution in [-0.2, 0) is 4.74 Å². The molecule has 0 saturated heterocycles. The van der Waals surface area contributed by atoms with E-state index >= 15 is 0 Å². The fraction of sp³-hybridized carbons (Fsp3) is 0.933. The van der Waals surface area contributed by atoms with Gasteiger partial charge in [-0.25, -0.2) is 4.79 Å². The van der Waals surface area contributed by atoms with Gasteiger partial charge in [0.2, 0.25) is 0 Å². The molecule has 4 heteroatoms. The molecule has 19 heavy (non-hydrogen) atoms. The van der Waals surface area contributed by atoms with Gasteiger partial charge in [0.05, 0.1) is 0 Å². The summed E-state index contributed by atoms with van der Waals surface area (Å²) in [6.07, 6.45) is 6.29. The van der Waals surface area contributed by atoms with Gasteiger partial charge in [-0.05, 0) is 59.0 Å². The summed E-state index contributed by atoms with van der Waals surface area (Å²) < 4.78 is 5.30. The number of amides is 1. The zero-order valence-corrected chi connectivity index (χ0v) is 13.0. The number of ether oxygens (including phenoxy) is 1. The monoisotopic (exact) mass is 270 g/mol. The van der Waals surface area contributed by atoms with E-state index in [1.165, 1.54) is 25.7 Å². The van der Waals surface area contributed by atoms with Crippen molar-refractivity contribution in [3.63, 3.8) is 0 Å². The molecular weight excluding hydrogens is 240 g/mol. The van der Waals surface area contributed by atoms with Crippen LogP contribution in [-0.4, -0.2) is 43.3 Å². The summed E-state index contributed by atoms with van der Waals surface area (Å²) in [7, 11) is 1.80. The van der Waals surface area contributed by atoms with E-state index in [0.717, 1.165) is 32.0 Å². The van der Waals surface area contributed by atoms with Gasteiger partial charge in [0.15, 0.2) is 0 Å². The molecule has 0 radical (unpaired) electrons. The van der Waals surface area contributed by atoms with E-state index in [2.05, 4.69) is 5.32 Å². The molecule has 0 aromatic carbocycles. The highest BCUT2D eigenvalue weighted by molar-refractivity contribution is 5.67. The molecule has 0 aromatic rings. The van der Waals surface area contributed by atoms with E-state index in [1.807, 2.05) is 20.8 Å². The van der Waals surface area contributed by atoms with Crippen LogP contribution in [0.15, 0.2) is 0 Å². The average molecular weight is 270 g/mol. The molecule has 1 aliphatic carbocycles. The van der Waals surface area contributed by atoms with Gasteiger partial charge >= 0.3 is 6.09 Å². The first-order chi connectivity index (χ1) is 8.88. The van der Waals surface area contributed by atoms with Gasteiger partial charge in [0, 0.05) is 13.6 Å². The third kappa shape index (κ3) is 7.41. The Morgan fingerprint density at radius 3 is 2.53 bits per heavy atom. The lowest BCUT2D eigenvalue weighted by atomic mass is 10.1. The fourth-order valence-corrected chi connectivity index (χ4v) is 2.39. The summed E-state index contributed by atoms with van der Waals surface area (Å²) in [5.74, 6) is 0.878. The predicted octanol–water partition coefficient (Wildman–Crippen LogP) is 3.02. The quantitative estimate of drug-likeness (QED) is 0.754. The van der Waals surface area contributed by atoms with Crippen LogP contribution in [0.1, 0.15) is 52.9 Å². The molecule has 1 saturated carbocycles. The Bertz CT molecular complexity index is 268. The second-order valence-corrected chi connectivity index (χ2v) is 6.61. The number of carbonyl (C=O) groups is 1. The summed E-state index contributed by atoms with van der Waals surface area (Å²) in [6.45, 7) is 8.53. The van der Waals surface area contributed by atoms with Crippen molar-refractivity contribution in [1.29, 1.82) is 0 Å². The standard InChI is InChI=1S/C15H30N2O2/c1-15(2,3)19-14(18)17(4)11-7-10-16-12-13-8-5-6-9-13/h13,16H,5-12H2,1-4H3. The molecule has 1 amide bonds. The van der Waals surface area contributed by atoms with Crippen LogP contribution in [0, 0.1) is 5.92 Å². The van der Waals surface area contributed by atoms with Gasteiger partial charge in [-0.2, -0.15) is 0 Å². The largest absolute Gasteiger partial charge is 0.444 e. The maximum atomic E-state index is 11.7. The summed E-state index contributed by atoms with van der Waals surface area (Å²) in [5.41, 5.74) is -0.411. The van der Waals surface area contributed by atoms with Gasteiger partial charge in [0.25, 0.3) is 0 Å². The van der Waals surface area contributed by atoms with Crippen LogP contribution in [0.5, 0.6) is 0 Å². The van der Waals surface area contributed by atoms with E-state index in [4.69, 9.17) is 4.74 Å². The maximum absolute atomic E-state index is 11.7. The minimum atomic E-state index is -0.411. The van der Waals surface area contributed by atoms with Crippen LogP contribution in [0.25, 0.3) is 0 Å². The van der Waals surface area contributed by atoms with Crippen molar-refractivity contribution in [2.75, 3.05) is 26.7 Å². The van der Waals surface area contributed by atoms with Crippen molar-refractivity contribution in [1.82, 2.24) is 10.2 Å². The zero-order valence-electron chi connectivity index (χ0n) is 13.0. The van der Waals surface area contributed by atoms with E-state index in [0.29, 0.717) is 0 Å². The van der Waals surface area contributed by atoms with Gasteiger partial charge < -0.3 is 15.0 Å². The highest BCUT2D eigenvalue weighted by Gasteiger charge is 2.19. The summed E-state index contributed by atoms with van der Waals surface area (Å²) in [6, 6.07) is 0. The van der Waals surface area contributed by atoms with Crippen LogP contribution in [0.4, 0.5) is 4.79 Å². The average Bonchev–Trinajstić information content (AvgIpc) is 2.79. The summed E-state index contributed by atoms with van der Waals surface area (Å²) in [4.78, 5) is 13.4. The first kappa shape index (κ1) is 16.3. The summed E-state index contributed by atoms with van der Waals surface area (Å²) in [5, 5.41) is 3.49. The van der Waals surface area contributed by atoms with Gasteiger partial charge in [-0.1, -0.05) is 12.8 Å². The molecule has 0 unspecified atom stereocenters. The molecule has 0 aliphatic heterocycles. The number of hydrogen-bond donors (Lipinski definition) is 1. The van der Waals surface area contributed by atoms with Crippen molar-refractivity contribution in [3.8, 4) is 0 Å². The third-order valence-corrected chi connectivity index (χ3v) is 3.46. The topological polar surface area (TPSA) is 41.6 Å². The van der Waals surface area contributed by atoms with Crippen molar-refractivity contribution in [3.05, 3.63) is 0 Å². The second kappa shape index (κ2) is 7.73. The van der Waals surface area contributed by atoms with Crippen LogP contribution in [0.3, 0.4) is 0 Å². The lowest BCUT2D eigenvalue weighted by molar-refractivity contribution is 0.0297. The molecule has 0 atom stereocenters. The number of hydrogen-bond acceptors (Lipinski definition) is 3. The molecule has 0 heterocycles. The van der Waals surface area contributed by atoms with Gasteiger partial charge in [-0.3, -0.25) is 0 Å². The van der Waals surface area contributed by atoms with Crippen molar-refractivity contribution >= 4 is 6.09 Å². The molecule has 1 N–H and O–H groups in total. The molecule has 4 nitrogen and oxygen atoms in total. The van der Waals surface area contributed by atoms with E-state index in [9.17, 15) is 4.79 Å². The molecule has 1 fully saturated rings. The Morgan fingerprint density at radius 2 is 1.95 bits per heavy atom. The van der Waals surface area contributed by atoms with Crippen LogP contribution >= 0.6 is 0 Å². The highest BCUT2D eigenvalue weighted by Crippen LogP contribution is 2.23. The normalized spacial score (nSPS) is 16.6. The molecule has 1 rings (SSSR count). The number of nitrogens with zero attached hydrogens (tertiary/aromatic N) is 1. The maximum Gasteiger partial charge on any atom is 0.410 e.